The summed E-state index contributed by atoms with van der Waals surface area (Å²) in [5.74, 6) is -0.973. The molecule has 0 radical (unpaired) electrons. The van der Waals surface area contributed by atoms with Gasteiger partial charge in [-0.2, -0.15) is 10.2 Å². The number of carbonyl (C=O) groups is 3. The molecule has 2 unspecified atom stereocenters. The van der Waals surface area contributed by atoms with Gasteiger partial charge in [0.2, 0.25) is 11.8 Å². The minimum absolute atomic E-state index is 0.0179. The summed E-state index contributed by atoms with van der Waals surface area (Å²) in [7, 11) is 0. The Labute approximate surface area is 229 Å². The third-order valence-corrected chi connectivity index (χ3v) is 7.22. The Kier molecular flexibility index (Phi) is 7.43. The number of carbonyl (C=O) groups excluding carboxylic acids is 3. The van der Waals surface area contributed by atoms with Gasteiger partial charge in [-0.3, -0.25) is 14.4 Å². The highest BCUT2D eigenvalue weighted by Crippen LogP contribution is 2.29. The van der Waals surface area contributed by atoms with Gasteiger partial charge in [-0.05, 0) is 66.8 Å². The molecule has 0 aliphatic carbocycles. The molecule has 10 heteroatoms. The van der Waals surface area contributed by atoms with Crippen molar-refractivity contribution in [1.29, 1.82) is 0 Å². The zero-order valence-corrected chi connectivity index (χ0v) is 22.3. The van der Waals surface area contributed by atoms with Crippen LogP contribution in [0.25, 0.3) is 22.0 Å². The number of likely N-dealkylation sites (tertiary alicyclic amines) is 1. The Morgan fingerprint density at radius 3 is 2.64 bits per heavy atom. The number of benzene rings is 2. The molecule has 3 heterocycles. The largest absolute Gasteiger partial charge is 0.350 e. The van der Waals surface area contributed by atoms with Gasteiger partial charge < -0.3 is 14.8 Å². The molecule has 2 amide bonds. The van der Waals surface area contributed by atoms with E-state index in [-0.39, 0.29) is 41.6 Å². The monoisotopic (exact) mass is 547 g/mol. The molecule has 1 saturated heterocycles. The van der Waals surface area contributed by atoms with Crippen molar-refractivity contribution in [2.45, 2.75) is 39.4 Å². The van der Waals surface area contributed by atoms with E-state index in [4.69, 9.17) is 11.6 Å². The lowest BCUT2D eigenvalue weighted by atomic mass is 10.0. The summed E-state index contributed by atoms with van der Waals surface area (Å²) in [6.45, 7) is 4.02. The second-order valence-corrected chi connectivity index (χ2v) is 10.4. The summed E-state index contributed by atoms with van der Waals surface area (Å²) in [5, 5.41) is 11.5. The number of hydrogen-bond acceptors (Lipinski definition) is 5. The number of nitrogens with zero attached hydrogens (tertiary/aromatic N) is 4. The SMILES string of the molecule is CC(=O)c1cn(CC(=O)N2CC(C)CC2C(=O)NCc2cc(F)cc(Cl)c2)c2ccc(-c3ccnnc3)cc12. The van der Waals surface area contributed by atoms with Crippen LogP contribution in [0.1, 0.15) is 36.2 Å². The summed E-state index contributed by atoms with van der Waals surface area (Å²) in [6.07, 6.45) is 5.47. The van der Waals surface area contributed by atoms with E-state index in [1.54, 1.807) is 34.1 Å². The van der Waals surface area contributed by atoms with Crippen LogP contribution in [0.2, 0.25) is 5.02 Å². The molecule has 1 fully saturated rings. The molecule has 2 atom stereocenters. The molecule has 2 aromatic heterocycles. The first-order chi connectivity index (χ1) is 18.7. The molecule has 39 heavy (non-hydrogen) atoms. The topological polar surface area (TPSA) is 97.2 Å². The van der Waals surface area contributed by atoms with Crippen LogP contribution >= 0.6 is 11.6 Å². The molecular formula is C29H27ClFN5O3. The highest BCUT2D eigenvalue weighted by molar-refractivity contribution is 6.30. The molecule has 0 bridgehead atoms. The lowest BCUT2D eigenvalue weighted by Crippen LogP contribution is -2.46. The zero-order chi connectivity index (χ0) is 27.7. The fraction of sp³-hybridized carbons (Fsp3) is 0.276. The van der Waals surface area contributed by atoms with E-state index in [0.29, 0.717) is 24.1 Å². The predicted molar refractivity (Wildman–Crippen MR) is 146 cm³/mol. The quantitative estimate of drug-likeness (QED) is 0.340. The number of ketones is 1. The highest BCUT2D eigenvalue weighted by Gasteiger charge is 2.37. The van der Waals surface area contributed by atoms with Gasteiger partial charge in [0.05, 0.1) is 12.4 Å². The van der Waals surface area contributed by atoms with Crippen molar-refractivity contribution in [3.8, 4) is 11.1 Å². The van der Waals surface area contributed by atoms with E-state index in [9.17, 15) is 18.8 Å². The van der Waals surface area contributed by atoms with E-state index < -0.39 is 11.9 Å². The lowest BCUT2D eigenvalue weighted by molar-refractivity contribution is -0.138. The van der Waals surface area contributed by atoms with Crippen molar-refractivity contribution in [3.05, 3.63) is 83.0 Å². The maximum absolute atomic E-state index is 13.7. The third-order valence-electron chi connectivity index (χ3n) is 7.01. The second kappa shape index (κ2) is 10.9. The fourth-order valence-electron chi connectivity index (χ4n) is 5.18. The fourth-order valence-corrected chi connectivity index (χ4v) is 5.42. The van der Waals surface area contributed by atoms with Crippen molar-refractivity contribution in [2.24, 2.45) is 5.92 Å². The van der Waals surface area contributed by atoms with Gasteiger partial charge in [0.1, 0.15) is 18.4 Å². The van der Waals surface area contributed by atoms with Crippen molar-refractivity contribution in [2.75, 3.05) is 6.54 Å². The number of rotatable bonds is 7. The highest BCUT2D eigenvalue weighted by atomic mass is 35.5. The molecule has 5 rings (SSSR count). The van der Waals surface area contributed by atoms with Gasteiger partial charge in [0, 0.05) is 46.3 Å². The molecule has 1 aliphatic rings. The minimum atomic E-state index is -0.642. The van der Waals surface area contributed by atoms with Crippen molar-refractivity contribution < 1.29 is 18.8 Å². The average molecular weight is 548 g/mol. The Hall–Kier alpha value is -4.11. The first-order valence-electron chi connectivity index (χ1n) is 12.6. The molecule has 2 aromatic carbocycles. The van der Waals surface area contributed by atoms with E-state index in [0.717, 1.165) is 22.0 Å². The summed E-state index contributed by atoms with van der Waals surface area (Å²) in [6, 6.07) is 11.0. The van der Waals surface area contributed by atoms with Crippen LogP contribution in [-0.2, 0) is 22.7 Å². The van der Waals surface area contributed by atoms with Crippen molar-refractivity contribution >= 4 is 40.1 Å². The summed E-state index contributed by atoms with van der Waals surface area (Å²) in [5.41, 5.74) is 3.55. The van der Waals surface area contributed by atoms with E-state index in [1.165, 1.54) is 19.1 Å². The van der Waals surface area contributed by atoms with Crippen LogP contribution < -0.4 is 5.32 Å². The van der Waals surface area contributed by atoms with Crippen LogP contribution in [0.5, 0.6) is 0 Å². The maximum atomic E-state index is 13.7. The predicted octanol–water partition coefficient (Wildman–Crippen LogP) is 4.65. The smallest absolute Gasteiger partial charge is 0.243 e. The second-order valence-electron chi connectivity index (χ2n) is 9.99. The number of amides is 2. The summed E-state index contributed by atoms with van der Waals surface area (Å²) < 4.78 is 15.4. The molecule has 1 aliphatic heterocycles. The number of hydrogen-bond donors (Lipinski definition) is 1. The summed E-state index contributed by atoms with van der Waals surface area (Å²) in [4.78, 5) is 40.6. The van der Waals surface area contributed by atoms with E-state index in [1.807, 2.05) is 31.2 Å². The van der Waals surface area contributed by atoms with Gasteiger partial charge in [0.15, 0.2) is 5.78 Å². The maximum Gasteiger partial charge on any atom is 0.243 e. The Balaban J connectivity index is 1.36. The van der Waals surface area contributed by atoms with E-state index in [2.05, 4.69) is 15.5 Å². The van der Waals surface area contributed by atoms with Crippen LogP contribution in [0, 0.1) is 11.7 Å². The molecule has 0 saturated carbocycles. The Morgan fingerprint density at radius 2 is 1.92 bits per heavy atom. The number of aromatic nitrogens is 3. The molecule has 0 spiro atoms. The molecule has 200 valence electrons. The Morgan fingerprint density at radius 1 is 1.10 bits per heavy atom. The van der Waals surface area contributed by atoms with Crippen LogP contribution in [0.3, 0.4) is 0 Å². The first-order valence-corrected chi connectivity index (χ1v) is 13.0. The van der Waals surface area contributed by atoms with Gasteiger partial charge >= 0.3 is 0 Å². The van der Waals surface area contributed by atoms with Crippen LogP contribution in [0.4, 0.5) is 4.39 Å². The van der Waals surface area contributed by atoms with Gasteiger partial charge in [0.25, 0.3) is 0 Å². The zero-order valence-electron chi connectivity index (χ0n) is 21.5. The molecule has 4 aromatic rings. The Bertz CT molecular complexity index is 1550. The van der Waals surface area contributed by atoms with E-state index >= 15 is 0 Å². The lowest BCUT2D eigenvalue weighted by Gasteiger charge is -2.24. The molecule has 1 N–H and O–H groups in total. The van der Waals surface area contributed by atoms with Crippen LogP contribution in [-0.4, -0.2) is 49.8 Å². The first kappa shape index (κ1) is 26.5. The number of fused-ring (bicyclic) bond motifs is 1. The third kappa shape index (κ3) is 5.68. The van der Waals surface area contributed by atoms with Crippen molar-refractivity contribution in [3.63, 3.8) is 0 Å². The van der Waals surface area contributed by atoms with Crippen LogP contribution in [0.15, 0.2) is 61.1 Å². The molecule has 8 nitrogen and oxygen atoms in total. The molecular weight excluding hydrogens is 521 g/mol. The van der Waals surface area contributed by atoms with Gasteiger partial charge in [-0.25, -0.2) is 4.39 Å². The van der Waals surface area contributed by atoms with Crippen molar-refractivity contribution in [1.82, 2.24) is 25.0 Å². The number of halogens is 2. The number of nitrogens with one attached hydrogen (secondary N) is 1. The normalized spacial score (nSPS) is 17.0. The van der Waals surface area contributed by atoms with Gasteiger partial charge in [-0.15, -0.1) is 0 Å². The minimum Gasteiger partial charge on any atom is -0.350 e. The summed E-state index contributed by atoms with van der Waals surface area (Å²) >= 11 is 5.92. The number of Topliss-reactive ketones (excluding diaryl/α,β-unsaturated/α-hetero) is 1. The average Bonchev–Trinajstić information content (AvgIpc) is 3.48. The van der Waals surface area contributed by atoms with Gasteiger partial charge in [-0.1, -0.05) is 24.6 Å². The standard InChI is InChI=1S/C29H27ClFN5O3/c1-17-7-27(29(39)32-12-19-8-22(30)11-23(31)9-19)36(14-17)28(38)16-35-15-25(18(2)37)24-10-20(3-4-26(24)35)21-5-6-33-34-13-21/h3-6,8-11,13,15,17,27H,7,12,14,16H2,1-2H3,(H,32,39).